The minimum absolute atomic E-state index is 0.202. The summed E-state index contributed by atoms with van der Waals surface area (Å²) in [7, 11) is 2.07. The lowest BCUT2D eigenvalue weighted by atomic mass is 9.94. The molecule has 0 bridgehead atoms. The van der Waals surface area contributed by atoms with Gasteiger partial charge in [0.15, 0.2) is 5.82 Å². The van der Waals surface area contributed by atoms with E-state index in [9.17, 15) is 24.3 Å². The number of aromatic nitrogens is 12. The van der Waals surface area contributed by atoms with E-state index in [1.54, 1.807) is 4.68 Å². The number of hydrogen-bond donors (Lipinski definition) is 7. The Morgan fingerprint density at radius 1 is 0.528 bits per heavy atom. The summed E-state index contributed by atoms with van der Waals surface area (Å²) >= 11 is 0. The molecule has 11 heterocycles. The number of aliphatic carboxylic acids is 1. The number of likely N-dealkylation sites (N-methyl/N-ethyl adjacent to an activating group) is 1. The Hall–Kier alpha value is -10.8. The number of rotatable bonds is 25. The zero-order valence-electron chi connectivity index (χ0n) is 59.7. The second-order valence-corrected chi connectivity index (χ2v) is 28.0. The molecule has 5 aliphatic heterocycles. The summed E-state index contributed by atoms with van der Waals surface area (Å²) in [6, 6.07) is 32.4. The Labute approximate surface area is 611 Å². The number of piperazine rings is 1. The van der Waals surface area contributed by atoms with Crippen LogP contribution in [-0.2, 0) is 9.53 Å². The lowest BCUT2D eigenvalue weighted by Gasteiger charge is -2.35. The van der Waals surface area contributed by atoms with E-state index in [0.717, 1.165) is 146 Å². The first-order chi connectivity index (χ1) is 51.9. The number of H-pyrrole nitrogens is 3. The highest BCUT2D eigenvalue weighted by atomic mass is 16.5. The molecule has 552 valence electrons. The van der Waals surface area contributed by atoms with E-state index in [1.807, 2.05) is 120 Å². The number of nitrogens with one attached hydrogen (secondary N) is 6. The Morgan fingerprint density at radius 2 is 1.02 bits per heavy atom. The lowest BCUT2D eigenvalue weighted by molar-refractivity contribution is -0.813. The van der Waals surface area contributed by atoms with Crippen molar-refractivity contribution in [3.63, 3.8) is 0 Å². The van der Waals surface area contributed by atoms with E-state index in [1.165, 1.54) is 6.20 Å². The van der Waals surface area contributed by atoms with Gasteiger partial charge in [-0.2, -0.15) is 15.1 Å². The third-order valence-corrected chi connectivity index (χ3v) is 20.6. The van der Waals surface area contributed by atoms with Crippen LogP contribution in [0.2, 0.25) is 0 Å². The van der Waals surface area contributed by atoms with Gasteiger partial charge in [0.2, 0.25) is 24.3 Å². The predicted molar refractivity (Wildman–Crippen MR) is 402 cm³/mol. The molecule has 30 nitrogen and oxygen atoms in total. The minimum Gasteiger partial charge on any atom is -0.492 e. The van der Waals surface area contributed by atoms with E-state index in [4.69, 9.17) is 43.9 Å². The first-order valence-corrected chi connectivity index (χ1v) is 37.2. The standard InChI is InChI=1S/C76H89N21O9/c1-90-35-36-92(49-62(90)96-47-60-66(73(101)88-96)70(85-75(82-60)94-29-9-2-3-10-30-94)79-54-17-23-56(24-18-54)103-41-37-91-33-27-51(28-34-91)45-64(98)99)38-42-104-57-25-19-55(20-26-57)80-71-67-61(83-76(86-71)95-31-11-4-5-12-32-95)48-97(89-74(67)102)63-50-93(40-44-106-63)39-43-105-58-21-15-53(16-22-58)78-69-65-59(46-77-87-72(65)100)81-68(84-69)52-13-7-6-8-14-52/h6-8,13-26,46-48,51,62-63H,2-5,9-12,27-45,49-50H2,1H3,(H5-2,78,79,80,81,82,83,84,85,86,87,88,89,98,99,100,101,102)/p+2. The summed E-state index contributed by atoms with van der Waals surface area (Å²) in [5.74, 6) is 4.41. The zero-order valence-corrected chi connectivity index (χ0v) is 59.7. The van der Waals surface area contributed by atoms with E-state index >= 15 is 0 Å². The first kappa shape index (κ1) is 70.9. The fraction of sp³-hybridized carbons (Fsp3) is 0.434. The monoisotopic (exact) mass is 1440 g/mol. The molecule has 30 heteroatoms. The third kappa shape index (κ3) is 17.3. The number of hydrogen-bond acceptors (Lipinski definition) is 24. The van der Waals surface area contributed by atoms with Gasteiger partial charge in [-0.1, -0.05) is 65.4 Å². The number of likely N-dealkylation sites (tertiary alicyclic amines) is 1. The molecule has 0 saturated carbocycles. The van der Waals surface area contributed by atoms with Gasteiger partial charge >= 0.3 is 17.1 Å². The van der Waals surface area contributed by atoms with E-state index in [2.05, 4.69) is 77.8 Å². The van der Waals surface area contributed by atoms with Crippen LogP contribution in [0.4, 0.5) is 46.4 Å². The number of piperidine rings is 1. The topological polar surface area (TPSA) is 326 Å². The average Bonchev–Trinajstić information content (AvgIpc) is 1.19. The molecule has 4 aromatic carbocycles. The highest BCUT2D eigenvalue weighted by Crippen LogP contribution is 2.32. The molecule has 5 aliphatic rings. The Bertz CT molecular complexity index is 4860. The number of carboxylic acid groups (broad SMARTS) is 1. The van der Waals surface area contributed by atoms with Gasteiger partial charge in [0, 0.05) is 94.5 Å². The number of morpholine rings is 1. The summed E-state index contributed by atoms with van der Waals surface area (Å²) in [4.78, 5) is 96.2. The van der Waals surface area contributed by atoms with Gasteiger partial charge in [-0.3, -0.25) is 33.9 Å². The van der Waals surface area contributed by atoms with Crippen molar-refractivity contribution in [3.05, 3.63) is 153 Å². The summed E-state index contributed by atoms with van der Waals surface area (Å²) in [5, 5.41) is 33.2. The molecule has 0 amide bonds. The third-order valence-electron chi connectivity index (χ3n) is 20.6. The summed E-state index contributed by atoms with van der Waals surface area (Å²) in [6.45, 7) is 12.2. The van der Waals surface area contributed by atoms with Gasteiger partial charge in [-0.05, 0) is 137 Å². The molecule has 106 heavy (non-hydrogen) atoms. The maximum Gasteiger partial charge on any atom is 0.311 e. The number of carboxylic acids is 1. The first-order valence-electron chi connectivity index (χ1n) is 37.2. The van der Waals surface area contributed by atoms with E-state index < -0.39 is 17.8 Å². The predicted octanol–water partition coefficient (Wildman–Crippen LogP) is 7.51. The van der Waals surface area contributed by atoms with Crippen LogP contribution in [-0.4, -0.2) is 206 Å². The van der Waals surface area contributed by atoms with Crippen LogP contribution in [0.15, 0.2) is 136 Å². The van der Waals surface area contributed by atoms with Gasteiger partial charge < -0.3 is 49.8 Å². The van der Waals surface area contributed by atoms with Crippen LogP contribution in [0.25, 0.3) is 44.1 Å². The number of benzene rings is 4. The highest BCUT2D eigenvalue weighted by Gasteiger charge is 2.35. The van der Waals surface area contributed by atoms with Crippen LogP contribution in [0, 0.1) is 5.92 Å². The molecule has 15 rings (SSSR count). The molecule has 2 atom stereocenters. The molecule has 2 unspecified atom stereocenters. The lowest BCUT2D eigenvalue weighted by Crippen LogP contribution is -2.61. The van der Waals surface area contributed by atoms with Crippen LogP contribution in [0.3, 0.4) is 0 Å². The number of aromatic amines is 3. The van der Waals surface area contributed by atoms with Crippen LogP contribution < -0.4 is 66.0 Å². The Balaban J connectivity index is 0.570. The average molecular weight is 1440 g/mol. The number of anilines is 8. The van der Waals surface area contributed by atoms with E-state index in [-0.39, 0.29) is 29.6 Å². The number of nitrogens with zero attached hydrogens (tertiary/aromatic N) is 15. The highest BCUT2D eigenvalue weighted by molar-refractivity contribution is 5.92. The SMILES string of the molecule is CN1CCN(CCOc2ccc(Nc3nc(N4CCCCCC4)nc4c[n+](C5CN(CCOc6ccc(Nc7nc(-c8ccccc8)nc8cn[nH]c(=O)c78)cc6)CCO5)[nH]c(=O)c34)cc2)CC1[n+]1cc2nc(N3CCCCCC3)nc(Nc3ccc(OCCN4CCC(CC(=O)O)CC4)cc3)c2c(=O)[nH]1. The molecular weight excluding hydrogens is 1350 g/mol. The van der Waals surface area contributed by atoms with Crippen LogP contribution in [0.5, 0.6) is 17.2 Å². The fourth-order valence-electron chi connectivity index (χ4n) is 14.7. The molecule has 0 radical (unpaired) electrons. The Morgan fingerprint density at radius 3 is 1.56 bits per heavy atom. The number of fused-ring (bicyclic) bond motifs is 3. The van der Waals surface area contributed by atoms with Gasteiger partial charge in [0.1, 0.15) is 87.2 Å². The van der Waals surface area contributed by atoms with Gasteiger partial charge in [-0.25, -0.2) is 29.9 Å². The van der Waals surface area contributed by atoms with Crippen molar-refractivity contribution in [3.8, 4) is 28.6 Å². The second kappa shape index (κ2) is 33.1. The quantitative estimate of drug-likeness (QED) is 0.0272. The molecule has 0 aliphatic carbocycles. The van der Waals surface area contributed by atoms with Crippen LogP contribution >= 0.6 is 0 Å². The minimum atomic E-state index is -0.727. The smallest absolute Gasteiger partial charge is 0.311 e. The summed E-state index contributed by atoms with van der Waals surface area (Å²) in [6.07, 6.45) is 15.3. The number of ether oxygens (including phenoxy) is 4. The van der Waals surface area contributed by atoms with Crippen molar-refractivity contribution in [1.29, 1.82) is 0 Å². The van der Waals surface area contributed by atoms with Crippen molar-refractivity contribution in [2.45, 2.75) is 83.0 Å². The molecule has 5 saturated heterocycles. The maximum absolute atomic E-state index is 14.4. The summed E-state index contributed by atoms with van der Waals surface area (Å²) in [5.41, 5.74) is 3.41. The molecule has 0 spiro atoms. The molecule has 5 fully saturated rings. The molecule has 6 aromatic heterocycles. The van der Waals surface area contributed by atoms with Gasteiger partial charge in [0.25, 0.3) is 18.0 Å². The van der Waals surface area contributed by atoms with Crippen LogP contribution in [0.1, 0.15) is 83.0 Å². The van der Waals surface area contributed by atoms with Crippen molar-refractivity contribution in [2.75, 3.05) is 151 Å². The van der Waals surface area contributed by atoms with Crippen molar-refractivity contribution in [1.82, 2.24) is 69.9 Å². The maximum atomic E-state index is 14.4. The zero-order chi connectivity index (χ0) is 72.3. The van der Waals surface area contributed by atoms with Gasteiger partial charge in [0.05, 0.1) is 25.9 Å². The molecular formula is C76H91N21O9+2. The largest absolute Gasteiger partial charge is 0.492 e. The Kier molecular flexibility index (Phi) is 22.1. The van der Waals surface area contributed by atoms with Crippen molar-refractivity contribution in [2.24, 2.45) is 5.92 Å². The van der Waals surface area contributed by atoms with Crippen molar-refractivity contribution >= 4 is 85.1 Å². The molecule has 10 aromatic rings. The van der Waals surface area contributed by atoms with Gasteiger partial charge in [-0.15, -0.1) is 10.2 Å². The number of carbonyl (C=O) groups is 1. The fourth-order valence-corrected chi connectivity index (χ4v) is 14.7. The summed E-state index contributed by atoms with van der Waals surface area (Å²) < 4.78 is 28.7. The second-order valence-electron chi connectivity index (χ2n) is 28.0. The van der Waals surface area contributed by atoms with Crippen molar-refractivity contribution < 1.29 is 38.2 Å². The molecule has 7 N–H and O–H groups in total. The normalized spacial score (nSPS) is 18.3. The van der Waals surface area contributed by atoms with E-state index in [0.29, 0.717) is 144 Å².